The van der Waals surface area contributed by atoms with Gasteiger partial charge in [0.15, 0.2) is 0 Å². The van der Waals surface area contributed by atoms with Crippen LogP contribution in [0.15, 0.2) is 29.3 Å². The molecule has 0 amide bonds. The Balaban J connectivity index is 1.48. The van der Waals surface area contributed by atoms with Crippen LogP contribution in [0.3, 0.4) is 0 Å². The molecule has 0 aliphatic heterocycles. The number of rotatable bonds is 6. The second-order valence-corrected chi connectivity index (χ2v) is 9.02. The zero-order valence-electron chi connectivity index (χ0n) is 16.6. The maximum Gasteiger partial charge on any atom is 0.0739 e. The van der Waals surface area contributed by atoms with Crippen molar-refractivity contribution in [1.82, 2.24) is 0 Å². The molecular weight excluding hydrogens is 334 g/mol. The first-order valence-electron chi connectivity index (χ1n) is 10.9. The van der Waals surface area contributed by atoms with Gasteiger partial charge in [-0.05, 0) is 98.0 Å². The first kappa shape index (κ1) is 19.8. The molecule has 26 heavy (non-hydrogen) atoms. The normalized spacial score (nSPS) is 30.4. The molecule has 2 fully saturated rings. The average molecular weight is 370 g/mol. The summed E-state index contributed by atoms with van der Waals surface area (Å²) in [4.78, 5) is 4.06. The lowest BCUT2D eigenvalue weighted by atomic mass is 9.66. The molecule has 3 rings (SSSR count). The number of aliphatic imine (C=N–C) groups is 1. The average Bonchev–Trinajstić information content (AvgIpc) is 2.69. The van der Waals surface area contributed by atoms with E-state index in [1.165, 1.54) is 69.8 Å². The van der Waals surface area contributed by atoms with Gasteiger partial charge in [-0.1, -0.05) is 51.7 Å². The predicted octanol–water partition coefficient (Wildman–Crippen LogP) is 7.94. The van der Waals surface area contributed by atoms with Crippen molar-refractivity contribution in [2.75, 3.05) is 0 Å². The summed E-state index contributed by atoms with van der Waals surface area (Å²) in [5.41, 5.74) is 2.41. The summed E-state index contributed by atoms with van der Waals surface area (Å²) in [6, 6.07) is 8.65. The highest BCUT2D eigenvalue weighted by Crippen LogP contribution is 2.44. The number of hydrogen-bond acceptors (Lipinski definition) is 2. The molecule has 0 spiro atoms. The fourth-order valence-electron chi connectivity index (χ4n) is 5.65. The molecule has 2 aliphatic rings. The van der Waals surface area contributed by atoms with Gasteiger partial charge >= 0.3 is 0 Å². The zero-order chi connectivity index (χ0) is 18.4. The van der Waals surface area contributed by atoms with Crippen molar-refractivity contribution in [1.29, 1.82) is 0 Å². The van der Waals surface area contributed by atoms with Crippen LogP contribution in [0.25, 0.3) is 0 Å². The molecule has 0 radical (unpaired) electrons. The number of nitrogens with zero attached hydrogens (tertiary/aromatic N) is 1. The fraction of sp³-hybridized carbons (Fsp3) is 0.708. The minimum Gasteiger partial charge on any atom is -0.195 e. The highest BCUT2D eigenvalue weighted by atomic mass is 32.1. The molecule has 1 atom stereocenters. The van der Waals surface area contributed by atoms with Gasteiger partial charge in [-0.25, -0.2) is 0 Å². The fourth-order valence-corrected chi connectivity index (χ4v) is 5.75. The monoisotopic (exact) mass is 369 g/mol. The molecule has 1 unspecified atom stereocenters. The van der Waals surface area contributed by atoms with Gasteiger partial charge in [0, 0.05) is 0 Å². The van der Waals surface area contributed by atoms with Crippen molar-refractivity contribution in [3.8, 4) is 0 Å². The predicted molar refractivity (Wildman–Crippen MR) is 115 cm³/mol. The highest BCUT2D eigenvalue weighted by molar-refractivity contribution is 7.78. The van der Waals surface area contributed by atoms with Crippen molar-refractivity contribution in [2.45, 2.75) is 84.0 Å². The van der Waals surface area contributed by atoms with Crippen molar-refractivity contribution in [3.05, 3.63) is 29.8 Å². The van der Waals surface area contributed by atoms with Crippen LogP contribution in [0.4, 0.5) is 5.69 Å². The summed E-state index contributed by atoms with van der Waals surface area (Å²) in [5.74, 6) is 4.65. The Hall–Kier alpha value is -0.980. The quantitative estimate of drug-likeness (QED) is 0.366. The van der Waals surface area contributed by atoms with E-state index in [-0.39, 0.29) is 0 Å². The van der Waals surface area contributed by atoms with Crippen LogP contribution in [0.2, 0.25) is 0 Å². The van der Waals surface area contributed by atoms with Gasteiger partial charge in [0.25, 0.3) is 0 Å². The summed E-state index contributed by atoms with van der Waals surface area (Å²) in [7, 11) is 0. The third kappa shape index (κ3) is 5.05. The smallest absolute Gasteiger partial charge is 0.0739 e. The van der Waals surface area contributed by atoms with Crippen LogP contribution in [0.5, 0.6) is 0 Å². The number of hydrogen-bond donors (Lipinski definition) is 0. The summed E-state index contributed by atoms with van der Waals surface area (Å²) in [5, 5.41) is 2.45. The molecule has 142 valence electrons. The van der Waals surface area contributed by atoms with E-state index >= 15 is 0 Å². The molecule has 0 saturated heterocycles. The topological polar surface area (TPSA) is 12.4 Å². The van der Waals surface area contributed by atoms with Gasteiger partial charge in [-0.3, -0.25) is 0 Å². The summed E-state index contributed by atoms with van der Waals surface area (Å²) in [6.07, 6.45) is 14.4. The Labute approximate surface area is 165 Å². The lowest BCUT2D eigenvalue weighted by molar-refractivity contribution is 0.132. The van der Waals surface area contributed by atoms with E-state index < -0.39 is 0 Å². The maximum absolute atomic E-state index is 4.69. The molecule has 2 saturated carbocycles. The van der Waals surface area contributed by atoms with E-state index in [9.17, 15) is 0 Å². The van der Waals surface area contributed by atoms with E-state index in [1.54, 1.807) is 0 Å². The molecule has 0 N–H and O–H groups in total. The van der Waals surface area contributed by atoms with Gasteiger partial charge in [0.2, 0.25) is 0 Å². The Bertz CT molecular complexity index is 585. The van der Waals surface area contributed by atoms with Crippen LogP contribution >= 0.6 is 12.2 Å². The van der Waals surface area contributed by atoms with Crippen LogP contribution < -0.4 is 0 Å². The van der Waals surface area contributed by atoms with E-state index in [0.29, 0.717) is 0 Å². The van der Waals surface area contributed by atoms with Crippen molar-refractivity contribution >= 4 is 23.1 Å². The summed E-state index contributed by atoms with van der Waals surface area (Å²) < 4.78 is 0. The second-order valence-electron chi connectivity index (χ2n) is 8.83. The first-order valence-corrected chi connectivity index (χ1v) is 11.3. The zero-order valence-corrected chi connectivity index (χ0v) is 17.4. The first-order chi connectivity index (χ1) is 12.7. The van der Waals surface area contributed by atoms with Crippen molar-refractivity contribution in [3.63, 3.8) is 0 Å². The highest BCUT2D eigenvalue weighted by Gasteiger charge is 2.32. The third-order valence-corrected chi connectivity index (χ3v) is 7.48. The van der Waals surface area contributed by atoms with Crippen LogP contribution in [0, 0.1) is 23.7 Å². The standard InChI is InChI=1S/C24H35NS/c1-3-4-19-5-7-20(8-6-19)18(2)21-9-11-22(12-10-21)23-13-15-24(16-14-23)25-17-26/h13-16,18-22H,3-12H2,1-2H3. The van der Waals surface area contributed by atoms with E-state index in [2.05, 4.69) is 60.5 Å². The lowest BCUT2D eigenvalue weighted by Gasteiger charge is -2.39. The molecule has 0 bridgehead atoms. The number of isothiocyanates is 1. The van der Waals surface area contributed by atoms with Gasteiger partial charge in [-0.15, -0.1) is 0 Å². The molecule has 1 nitrogen and oxygen atoms in total. The third-order valence-electron chi connectivity index (χ3n) is 7.39. The van der Waals surface area contributed by atoms with Gasteiger partial charge in [0.05, 0.1) is 10.8 Å². The number of benzene rings is 1. The molecule has 0 heterocycles. The minimum absolute atomic E-state index is 0.740. The Morgan fingerprint density at radius 1 is 0.962 bits per heavy atom. The Morgan fingerprint density at radius 3 is 2.08 bits per heavy atom. The summed E-state index contributed by atoms with van der Waals surface area (Å²) in [6.45, 7) is 4.90. The van der Waals surface area contributed by atoms with Crippen molar-refractivity contribution < 1.29 is 0 Å². The molecule has 1 aromatic rings. The lowest BCUT2D eigenvalue weighted by Crippen LogP contribution is -2.28. The minimum atomic E-state index is 0.740. The van der Waals surface area contributed by atoms with Gasteiger partial charge in [-0.2, -0.15) is 4.99 Å². The van der Waals surface area contributed by atoms with E-state index in [4.69, 9.17) is 0 Å². The van der Waals surface area contributed by atoms with Crippen molar-refractivity contribution in [2.24, 2.45) is 28.7 Å². The number of thiocarbonyl (C=S) groups is 1. The maximum atomic E-state index is 4.69. The van der Waals surface area contributed by atoms with Gasteiger partial charge in [0.1, 0.15) is 0 Å². The molecule has 2 aliphatic carbocycles. The van der Waals surface area contributed by atoms with Crippen LogP contribution in [-0.2, 0) is 0 Å². The molecular formula is C24H35NS. The Morgan fingerprint density at radius 2 is 1.54 bits per heavy atom. The second kappa shape index (κ2) is 9.81. The van der Waals surface area contributed by atoms with Gasteiger partial charge < -0.3 is 0 Å². The molecule has 0 aromatic heterocycles. The molecule has 2 heteroatoms. The van der Waals surface area contributed by atoms with Crippen LogP contribution in [0.1, 0.15) is 89.5 Å². The Kier molecular flexibility index (Phi) is 7.46. The SMILES string of the molecule is CCCC1CCC(C(C)C2CCC(c3ccc(N=C=S)cc3)CC2)CC1. The summed E-state index contributed by atoms with van der Waals surface area (Å²) >= 11 is 4.69. The largest absolute Gasteiger partial charge is 0.195 e. The van der Waals surface area contributed by atoms with Crippen LogP contribution in [-0.4, -0.2) is 5.16 Å². The van der Waals surface area contributed by atoms with E-state index in [0.717, 1.165) is 35.3 Å². The molecule has 1 aromatic carbocycles. The van der Waals surface area contributed by atoms with E-state index in [1.807, 2.05) is 0 Å².